The molecule has 2 amide bonds. The second-order valence-corrected chi connectivity index (χ2v) is 6.55. The van der Waals surface area contributed by atoms with Gasteiger partial charge in [-0.3, -0.25) is 20.4 Å². The van der Waals surface area contributed by atoms with Crippen molar-refractivity contribution >= 4 is 34.8 Å². The van der Waals surface area contributed by atoms with Crippen LogP contribution in [0.15, 0.2) is 30.3 Å². The summed E-state index contributed by atoms with van der Waals surface area (Å²) < 4.78 is 0. The summed E-state index contributed by atoms with van der Waals surface area (Å²) in [5.41, 5.74) is 6.45. The van der Waals surface area contributed by atoms with Crippen molar-refractivity contribution in [1.82, 2.24) is 10.9 Å². The van der Waals surface area contributed by atoms with Crippen LogP contribution in [0.3, 0.4) is 0 Å². The Bertz CT molecular complexity index is 680. The van der Waals surface area contributed by atoms with Crippen LogP contribution in [0.1, 0.15) is 43.8 Å². The van der Waals surface area contributed by atoms with Crippen LogP contribution in [0.4, 0.5) is 0 Å². The highest BCUT2D eigenvalue weighted by atomic mass is 35.5. The highest BCUT2D eigenvalue weighted by Gasteiger charge is 2.13. The number of nitrogens with one attached hydrogen (secondary N) is 2. The molecule has 4 nitrogen and oxygen atoms in total. The molecule has 0 unspecified atom stereocenters. The van der Waals surface area contributed by atoms with Gasteiger partial charge in [0.1, 0.15) is 0 Å². The Hall–Kier alpha value is -1.85. The monoisotopic (exact) mass is 336 g/mol. The van der Waals surface area contributed by atoms with Crippen LogP contribution in [-0.4, -0.2) is 11.8 Å². The molecule has 0 aliphatic heterocycles. The molecule has 1 aromatic heterocycles. The SMILES string of the molecule is CCCc1cc(C(=O)NNC(=O)c2ccc(Cl)cc2)sc1C. The molecule has 0 aliphatic rings. The third kappa shape index (κ3) is 4.08. The lowest BCUT2D eigenvalue weighted by atomic mass is 10.1. The maximum absolute atomic E-state index is 12.1. The van der Waals surface area contributed by atoms with Crippen molar-refractivity contribution < 1.29 is 9.59 Å². The summed E-state index contributed by atoms with van der Waals surface area (Å²) in [4.78, 5) is 25.7. The minimum atomic E-state index is -0.382. The van der Waals surface area contributed by atoms with Gasteiger partial charge in [-0.2, -0.15) is 0 Å². The van der Waals surface area contributed by atoms with Crippen LogP contribution in [0, 0.1) is 6.92 Å². The van der Waals surface area contributed by atoms with Crippen molar-refractivity contribution in [2.45, 2.75) is 26.7 Å². The molecule has 0 saturated carbocycles. The molecule has 1 aromatic carbocycles. The van der Waals surface area contributed by atoms with E-state index in [0.29, 0.717) is 15.5 Å². The normalized spacial score (nSPS) is 10.3. The molecule has 0 spiro atoms. The van der Waals surface area contributed by atoms with E-state index in [1.807, 2.05) is 13.0 Å². The lowest BCUT2D eigenvalue weighted by Crippen LogP contribution is -2.41. The highest BCUT2D eigenvalue weighted by Crippen LogP contribution is 2.22. The minimum absolute atomic E-state index is 0.308. The molecule has 0 fully saturated rings. The zero-order chi connectivity index (χ0) is 16.1. The van der Waals surface area contributed by atoms with E-state index in [0.717, 1.165) is 17.7 Å². The van der Waals surface area contributed by atoms with Crippen molar-refractivity contribution in [2.24, 2.45) is 0 Å². The summed E-state index contributed by atoms with van der Waals surface area (Å²) in [6, 6.07) is 8.32. The summed E-state index contributed by atoms with van der Waals surface area (Å²) in [5, 5.41) is 0.554. The first-order valence-corrected chi connectivity index (χ1v) is 8.16. The number of hydrogen-bond donors (Lipinski definition) is 2. The number of carbonyl (C=O) groups excluding carboxylic acids is 2. The summed E-state index contributed by atoms with van der Waals surface area (Å²) >= 11 is 7.20. The van der Waals surface area contributed by atoms with Crippen LogP contribution in [0.2, 0.25) is 5.02 Å². The molecule has 2 N–H and O–H groups in total. The van der Waals surface area contributed by atoms with E-state index in [1.54, 1.807) is 24.3 Å². The first-order valence-electron chi connectivity index (χ1n) is 6.96. The number of benzene rings is 1. The average molecular weight is 337 g/mol. The van der Waals surface area contributed by atoms with Gasteiger partial charge >= 0.3 is 0 Å². The van der Waals surface area contributed by atoms with E-state index < -0.39 is 0 Å². The topological polar surface area (TPSA) is 58.2 Å². The number of amides is 2. The Balaban J connectivity index is 1.96. The zero-order valence-electron chi connectivity index (χ0n) is 12.4. The molecule has 22 heavy (non-hydrogen) atoms. The third-order valence-corrected chi connectivity index (χ3v) is 4.50. The van der Waals surface area contributed by atoms with Crippen LogP contribution in [-0.2, 0) is 6.42 Å². The lowest BCUT2D eigenvalue weighted by Gasteiger charge is -2.06. The maximum atomic E-state index is 12.1. The molecular weight excluding hydrogens is 320 g/mol. The Morgan fingerprint density at radius 2 is 1.77 bits per heavy atom. The largest absolute Gasteiger partial charge is 0.279 e. The standard InChI is InChI=1S/C16H17ClN2O2S/c1-3-4-12-9-14(22-10(12)2)16(21)19-18-15(20)11-5-7-13(17)8-6-11/h5-9H,3-4H2,1-2H3,(H,18,20)(H,19,21). The van der Waals surface area contributed by atoms with Crippen molar-refractivity contribution in [3.63, 3.8) is 0 Å². The summed E-state index contributed by atoms with van der Waals surface area (Å²) in [7, 11) is 0. The van der Waals surface area contributed by atoms with Crippen LogP contribution >= 0.6 is 22.9 Å². The number of rotatable bonds is 4. The predicted octanol–water partition coefficient (Wildman–Crippen LogP) is 3.74. The molecule has 2 aromatic rings. The van der Waals surface area contributed by atoms with Gasteiger partial charge in [0.05, 0.1) is 4.88 Å². The average Bonchev–Trinajstić information content (AvgIpc) is 2.87. The molecule has 0 atom stereocenters. The molecule has 0 radical (unpaired) electrons. The van der Waals surface area contributed by atoms with Crippen LogP contribution < -0.4 is 10.9 Å². The van der Waals surface area contributed by atoms with E-state index in [4.69, 9.17) is 11.6 Å². The molecule has 1 heterocycles. The molecule has 0 aliphatic carbocycles. The summed E-state index contributed by atoms with van der Waals surface area (Å²) in [5.74, 6) is -0.690. The van der Waals surface area contributed by atoms with E-state index in [9.17, 15) is 9.59 Å². The van der Waals surface area contributed by atoms with Crippen molar-refractivity contribution in [1.29, 1.82) is 0 Å². The fourth-order valence-corrected chi connectivity index (χ4v) is 3.09. The Morgan fingerprint density at radius 3 is 2.41 bits per heavy atom. The second kappa shape index (κ2) is 7.42. The van der Waals surface area contributed by atoms with E-state index in [2.05, 4.69) is 17.8 Å². The number of halogens is 1. The zero-order valence-corrected chi connectivity index (χ0v) is 14.0. The van der Waals surface area contributed by atoms with Crippen molar-refractivity contribution in [2.75, 3.05) is 0 Å². The van der Waals surface area contributed by atoms with Gasteiger partial charge in [-0.05, 0) is 49.2 Å². The van der Waals surface area contributed by atoms with Gasteiger partial charge in [0.2, 0.25) is 0 Å². The fraction of sp³-hybridized carbons (Fsp3) is 0.250. The van der Waals surface area contributed by atoms with Gasteiger partial charge in [0.25, 0.3) is 11.8 Å². The second-order valence-electron chi connectivity index (χ2n) is 4.86. The van der Waals surface area contributed by atoms with Gasteiger partial charge in [-0.1, -0.05) is 24.9 Å². The minimum Gasteiger partial charge on any atom is -0.267 e. The van der Waals surface area contributed by atoms with Crippen LogP contribution in [0.25, 0.3) is 0 Å². The van der Waals surface area contributed by atoms with Gasteiger partial charge in [0.15, 0.2) is 0 Å². The van der Waals surface area contributed by atoms with Gasteiger partial charge in [0, 0.05) is 15.5 Å². The number of hydrazine groups is 1. The van der Waals surface area contributed by atoms with Crippen LogP contribution in [0.5, 0.6) is 0 Å². The summed E-state index contributed by atoms with van der Waals surface area (Å²) in [6.07, 6.45) is 1.98. The summed E-state index contributed by atoms with van der Waals surface area (Å²) in [6.45, 7) is 4.10. The maximum Gasteiger partial charge on any atom is 0.279 e. The molecule has 2 rings (SSSR count). The molecule has 0 saturated heterocycles. The fourth-order valence-electron chi connectivity index (χ4n) is 2.00. The Morgan fingerprint density at radius 1 is 1.14 bits per heavy atom. The number of thiophene rings is 1. The predicted molar refractivity (Wildman–Crippen MR) is 89.4 cm³/mol. The van der Waals surface area contributed by atoms with Gasteiger partial charge < -0.3 is 0 Å². The molecule has 116 valence electrons. The lowest BCUT2D eigenvalue weighted by molar-refractivity contribution is 0.0849. The Kier molecular flexibility index (Phi) is 5.57. The first kappa shape index (κ1) is 16.5. The number of carbonyl (C=O) groups is 2. The Labute approximate surface area is 138 Å². The quantitative estimate of drug-likeness (QED) is 0.836. The highest BCUT2D eigenvalue weighted by molar-refractivity contribution is 7.14. The van der Waals surface area contributed by atoms with E-state index >= 15 is 0 Å². The van der Waals surface area contributed by atoms with Gasteiger partial charge in [-0.15, -0.1) is 11.3 Å². The smallest absolute Gasteiger partial charge is 0.267 e. The molecule has 0 bridgehead atoms. The van der Waals surface area contributed by atoms with Crippen molar-refractivity contribution in [3.8, 4) is 0 Å². The molecular formula is C16H17ClN2O2S. The molecule has 6 heteroatoms. The first-order chi connectivity index (χ1) is 10.5. The van der Waals surface area contributed by atoms with Gasteiger partial charge in [-0.25, -0.2) is 0 Å². The van der Waals surface area contributed by atoms with Crippen molar-refractivity contribution in [3.05, 3.63) is 56.2 Å². The number of hydrogen-bond acceptors (Lipinski definition) is 3. The number of aryl methyl sites for hydroxylation is 2. The van der Waals surface area contributed by atoms with E-state index in [1.165, 1.54) is 16.9 Å². The van der Waals surface area contributed by atoms with E-state index in [-0.39, 0.29) is 11.8 Å². The third-order valence-electron chi connectivity index (χ3n) is 3.16.